The molecule has 0 saturated heterocycles. The monoisotopic (exact) mass is 337 g/mol. The number of hydrogen-bond acceptors (Lipinski definition) is 3. The number of anilines is 1. The summed E-state index contributed by atoms with van der Waals surface area (Å²) in [6.45, 7) is 2.80. The first-order chi connectivity index (χ1) is 8.97. The molecular weight excluding hydrogens is 322 g/mol. The van der Waals surface area contributed by atoms with Crippen molar-refractivity contribution < 1.29 is 0 Å². The lowest BCUT2D eigenvalue weighted by Crippen LogP contribution is -2.22. The minimum atomic E-state index is 0.108. The predicted octanol–water partition coefficient (Wildman–Crippen LogP) is 3.74. The Kier molecular flexibility index (Phi) is 4.27. The van der Waals surface area contributed by atoms with Crippen molar-refractivity contribution in [3.8, 4) is 0 Å². The van der Waals surface area contributed by atoms with Gasteiger partial charge in [-0.15, -0.1) is 11.3 Å². The summed E-state index contributed by atoms with van der Waals surface area (Å²) in [7, 11) is 2.02. The Morgan fingerprint density at radius 3 is 2.74 bits per heavy atom. The quantitative estimate of drug-likeness (QED) is 0.659. The summed E-state index contributed by atoms with van der Waals surface area (Å²) in [5, 5.41) is 9.82. The SMILES string of the molecule is Cc1ccc(N(C)Cc2csc(Br)c2)c(C(=N)N)c1. The molecule has 100 valence electrons. The normalized spacial score (nSPS) is 10.5. The highest BCUT2D eigenvalue weighted by Gasteiger charge is 2.11. The lowest BCUT2D eigenvalue weighted by Gasteiger charge is -2.22. The summed E-state index contributed by atoms with van der Waals surface area (Å²) in [5.41, 5.74) is 9.80. The maximum atomic E-state index is 7.70. The molecule has 0 bridgehead atoms. The largest absolute Gasteiger partial charge is 0.384 e. The Morgan fingerprint density at radius 2 is 2.16 bits per heavy atom. The number of nitrogens with one attached hydrogen (secondary N) is 1. The molecule has 0 fully saturated rings. The van der Waals surface area contributed by atoms with Gasteiger partial charge in [-0.2, -0.15) is 0 Å². The summed E-state index contributed by atoms with van der Waals surface area (Å²) < 4.78 is 1.13. The van der Waals surface area contributed by atoms with Gasteiger partial charge in [0.1, 0.15) is 5.84 Å². The molecule has 5 heteroatoms. The topological polar surface area (TPSA) is 53.1 Å². The lowest BCUT2D eigenvalue weighted by atomic mass is 10.1. The molecule has 0 atom stereocenters. The second-order valence-electron chi connectivity index (χ2n) is 4.55. The van der Waals surface area contributed by atoms with Crippen LogP contribution in [0.3, 0.4) is 0 Å². The van der Waals surface area contributed by atoms with Crippen molar-refractivity contribution in [3.05, 3.63) is 50.1 Å². The first-order valence-electron chi connectivity index (χ1n) is 5.86. The number of benzene rings is 1. The third-order valence-corrected chi connectivity index (χ3v) is 4.45. The van der Waals surface area contributed by atoms with Gasteiger partial charge >= 0.3 is 0 Å². The summed E-state index contributed by atoms with van der Waals surface area (Å²) in [5.74, 6) is 0.108. The number of nitrogen functional groups attached to an aromatic ring is 1. The van der Waals surface area contributed by atoms with Crippen molar-refractivity contribution in [2.75, 3.05) is 11.9 Å². The zero-order chi connectivity index (χ0) is 14.0. The molecule has 0 radical (unpaired) electrons. The van der Waals surface area contributed by atoms with Crippen molar-refractivity contribution in [1.29, 1.82) is 5.41 Å². The Morgan fingerprint density at radius 1 is 1.42 bits per heavy atom. The minimum Gasteiger partial charge on any atom is -0.384 e. The van der Waals surface area contributed by atoms with Gasteiger partial charge < -0.3 is 10.6 Å². The van der Waals surface area contributed by atoms with Crippen molar-refractivity contribution in [1.82, 2.24) is 0 Å². The van der Waals surface area contributed by atoms with Crippen LogP contribution in [0.25, 0.3) is 0 Å². The Bertz CT molecular complexity index is 606. The van der Waals surface area contributed by atoms with Gasteiger partial charge in [0.05, 0.1) is 3.79 Å². The van der Waals surface area contributed by atoms with E-state index in [9.17, 15) is 0 Å². The van der Waals surface area contributed by atoms with E-state index < -0.39 is 0 Å². The highest BCUT2D eigenvalue weighted by atomic mass is 79.9. The van der Waals surface area contributed by atoms with Crippen LogP contribution in [-0.4, -0.2) is 12.9 Å². The highest BCUT2D eigenvalue weighted by molar-refractivity contribution is 9.11. The zero-order valence-corrected chi connectivity index (χ0v) is 13.3. The van der Waals surface area contributed by atoms with Crippen LogP contribution in [0.4, 0.5) is 5.69 Å². The molecule has 0 aliphatic rings. The fourth-order valence-electron chi connectivity index (χ4n) is 1.99. The number of rotatable bonds is 4. The van der Waals surface area contributed by atoms with E-state index in [4.69, 9.17) is 11.1 Å². The molecule has 0 unspecified atom stereocenters. The third-order valence-electron chi connectivity index (χ3n) is 2.89. The third kappa shape index (κ3) is 3.36. The van der Waals surface area contributed by atoms with E-state index in [1.54, 1.807) is 11.3 Å². The number of thiophene rings is 1. The molecule has 19 heavy (non-hydrogen) atoms. The Hall–Kier alpha value is -1.33. The van der Waals surface area contributed by atoms with Gasteiger partial charge in [0.15, 0.2) is 0 Å². The number of aryl methyl sites for hydroxylation is 1. The molecule has 3 N–H and O–H groups in total. The summed E-state index contributed by atoms with van der Waals surface area (Å²) in [4.78, 5) is 2.12. The minimum absolute atomic E-state index is 0.108. The van der Waals surface area contributed by atoms with Crippen molar-refractivity contribution in [3.63, 3.8) is 0 Å². The van der Waals surface area contributed by atoms with Crippen LogP contribution < -0.4 is 10.6 Å². The smallest absolute Gasteiger partial charge is 0.124 e. The number of amidine groups is 1. The maximum Gasteiger partial charge on any atom is 0.124 e. The zero-order valence-electron chi connectivity index (χ0n) is 10.9. The van der Waals surface area contributed by atoms with Gasteiger partial charge in [0.2, 0.25) is 0 Å². The fourth-order valence-corrected chi connectivity index (χ4v) is 3.19. The van der Waals surface area contributed by atoms with Crippen LogP contribution in [0.2, 0.25) is 0 Å². The van der Waals surface area contributed by atoms with E-state index >= 15 is 0 Å². The molecule has 3 nitrogen and oxygen atoms in total. The molecule has 2 rings (SSSR count). The Labute approximate surface area is 125 Å². The van der Waals surface area contributed by atoms with Crippen molar-refractivity contribution in [2.45, 2.75) is 13.5 Å². The molecule has 1 aromatic heterocycles. The van der Waals surface area contributed by atoms with Crippen LogP contribution in [0.5, 0.6) is 0 Å². The van der Waals surface area contributed by atoms with E-state index in [0.717, 1.165) is 27.1 Å². The van der Waals surface area contributed by atoms with Crippen LogP contribution >= 0.6 is 27.3 Å². The van der Waals surface area contributed by atoms with E-state index in [0.29, 0.717) is 0 Å². The lowest BCUT2D eigenvalue weighted by molar-refractivity contribution is 0.925. The molecule has 0 amide bonds. The van der Waals surface area contributed by atoms with Gasteiger partial charge in [0, 0.05) is 24.8 Å². The van der Waals surface area contributed by atoms with E-state index in [1.807, 2.05) is 32.2 Å². The molecule has 1 heterocycles. The second kappa shape index (κ2) is 5.75. The Balaban J connectivity index is 2.28. The fraction of sp³-hybridized carbons (Fsp3) is 0.214. The molecular formula is C14H16BrN3S. The summed E-state index contributed by atoms with van der Waals surface area (Å²) >= 11 is 5.15. The molecule has 0 spiro atoms. The van der Waals surface area contributed by atoms with Crippen molar-refractivity contribution in [2.24, 2.45) is 5.73 Å². The number of halogens is 1. The summed E-state index contributed by atoms with van der Waals surface area (Å²) in [6, 6.07) is 8.13. The second-order valence-corrected chi connectivity index (χ2v) is 6.84. The van der Waals surface area contributed by atoms with Gasteiger partial charge in [0.25, 0.3) is 0 Å². The van der Waals surface area contributed by atoms with E-state index in [2.05, 4.69) is 32.3 Å². The van der Waals surface area contributed by atoms with Gasteiger partial charge in [-0.3, -0.25) is 5.41 Å². The standard InChI is InChI=1S/C14H16BrN3S/c1-9-3-4-12(11(5-9)14(16)17)18(2)7-10-6-13(15)19-8-10/h3-6,8H,7H2,1-2H3,(H3,16,17). The van der Waals surface area contributed by atoms with E-state index in [-0.39, 0.29) is 5.84 Å². The average molecular weight is 338 g/mol. The number of nitrogens with zero attached hydrogens (tertiary/aromatic N) is 1. The maximum absolute atomic E-state index is 7.70. The molecule has 1 aromatic carbocycles. The highest BCUT2D eigenvalue weighted by Crippen LogP contribution is 2.25. The van der Waals surface area contributed by atoms with Gasteiger partial charge in [-0.1, -0.05) is 11.6 Å². The molecule has 0 aliphatic heterocycles. The first-order valence-corrected chi connectivity index (χ1v) is 7.53. The van der Waals surface area contributed by atoms with Crippen LogP contribution in [0, 0.1) is 12.3 Å². The van der Waals surface area contributed by atoms with Crippen molar-refractivity contribution >= 4 is 38.8 Å². The molecule has 2 aromatic rings. The van der Waals surface area contributed by atoms with Gasteiger partial charge in [-0.05, 0) is 52.0 Å². The molecule has 0 aliphatic carbocycles. The molecule has 0 saturated carbocycles. The number of nitrogens with two attached hydrogens (primary N) is 1. The number of hydrogen-bond donors (Lipinski definition) is 2. The summed E-state index contributed by atoms with van der Waals surface area (Å²) in [6.07, 6.45) is 0. The van der Waals surface area contributed by atoms with Crippen LogP contribution in [-0.2, 0) is 6.54 Å². The van der Waals surface area contributed by atoms with Gasteiger partial charge in [-0.25, -0.2) is 0 Å². The van der Waals surface area contributed by atoms with E-state index in [1.165, 1.54) is 5.56 Å². The first kappa shape index (κ1) is 14.1. The predicted molar refractivity (Wildman–Crippen MR) is 86.3 cm³/mol. The van der Waals surface area contributed by atoms with Crippen LogP contribution in [0.15, 0.2) is 33.4 Å². The van der Waals surface area contributed by atoms with Crippen LogP contribution in [0.1, 0.15) is 16.7 Å². The average Bonchev–Trinajstić information content (AvgIpc) is 2.74.